The van der Waals surface area contributed by atoms with E-state index in [-0.39, 0.29) is 0 Å². The first-order chi connectivity index (χ1) is 33.6. The Morgan fingerprint density at radius 2 is 0.794 bits per heavy atom. The molecule has 68 heavy (non-hydrogen) atoms. The second kappa shape index (κ2) is 15.7. The van der Waals surface area contributed by atoms with E-state index in [2.05, 4.69) is 164 Å². The molecule has 1 aromatic heterocycles. The van der Waals surface area contributed by atoms with Gasteiger partial charge < -0.3 is 4.74 Å². The standard InChI is InChI=1S/C63H38N4O/c64-39-49-37-56-59(51-27-8-7-26-50(49)51)52-28-9-10-29-53(52)63(56)54-30-11-12-31-57(54)68-58-38-47(32-33-55(58)63)45-23-14-21-43(35-45)42-20-13-22-44(34-42)46-24-15-25-48(36-46)62-66-60(40-16-3-1-4-17-40)65-61(67-62)41-18-5-2-6-19-41/h1-38H. The minimum absolute atomic E-state index is 0.619. The second-order valence-electron chi connectivity index (χ2n) is 17.4. The van der Waals surface area contributed by atoms with Gasteiger partial charge in [0.25, 0.3) is 0 Å². The molecule has 316 valence electrons. The molecular weight excluding hydrogens is 829 g/mol. The maximum absolute atomic E-state index is 10.6. The normalized spacial score (nSPS) is 14.0. The SMILES string of the molecule is N#Cc1cc2c(c3ccccc13)-c1ccccc1C21c2ccccc2Oc2cc(-c3cccc(-c4cccc(-c5cccc(-c6nc(-c7ccccc7)nc(-c7ccccc7)n6)c5)c4)c3)ccc21. The monoisotopic (exact) mass is 866 g/mol. The summed E-state index contributed by atoms with van der Waals surface area (Å²) in [5, 5.41) is 12.6. The van der Waals surface area contributed by atoms with Crippen LogP contribution in [0, 0.1) is 11.3 Å². The number of nitrogens with zero attached hydrogens (tertiary/aromatic N) is 4. The maximum Gasteiger partial charge on any atom is 0.164 e. The number of rotatable bonds is 6. The predicted molar refractivity (Wildman–Crippen MR) is 272 cm³/mol. The van der Waals surface area contributed by atoms with Crippen LogP contribution in [0.3, 0.4) is 0 Å². The van der Waals surface area contributed by atoms with Gasteiger partial charge >= 0.3 is 0 Å². The molecule has 0 N–H and O–H groups in total. The van der Waals surface area contributed by atoms with Gasteiger partial charge in [0.05, 0.1) is 17.0 Å². The fourth-order valence-electron chi connectivity index (χ4n) is 10.6. The highest BCUT2D eigenvalue weighted by molar-refractivity contribution is 6.06. The Hall–Kier alpha value is -9.24. The molecule has 0 saturated heterocycles. The Morgan fingerprint density at radius 1 is 0.338 bits per heavy atom. The molecule has 2 heterocycles. The number of hydrogen-bond acceptors (Lipinski definition) is 5. The number of ether oxygens (including phenoxy) is 1. The van der Waals surface area contributed by atoms with E-state index < -0.39 is 5.41 Å². The highest BCUT2D eigenvalue weighted by Gasteiger charge is 2.51. The number of fused-ring (bicyclic) bond motifs is 11. The molecule has 2 aliphatic rings. The first kappa shape index (κ1) is 39.2. The molecule has 0 fully saturated rings. The lowest BCUT2D eigenvalue weighted by Crippen LogP contribution is -2.32. The molecule has 1 spiro atoms. The molecule has 10 aromatic carbocycles. The lowest BCUT2D eigenvalue weighted by molar-refractivity contribution is 0.436. The highest BCUT2D eigenvalue weighted by Crippen LogP contribution is 2.63. The Kier molecular flexibility index (Phi) is 9.06. The number of hydrogen-bond donors (Lipinski definition) is 0. The number of nitriles is 1. The van der Waals surface area contributed by atoms with Crippen molar-refractivity contribution in [1.82, 2.24) is 15.0 Å². The molecule has 5 heteroatoms. The van der Waals surface area contributed by atoms with Crippen molar-refractivity contribution in [2.45, 2.75) is 5.41 Å². The van der Waals surface area contributed by atoms with Crippen LogP contribution in [0.5, 0.6) is 11.5 Å². The van der Waals surface area contributed by atoms with Gasteiger partial charge in [-0.1, -0.05) is 194 Å². The second-order valence-corrected chi connectivity index (χ2v) is 17.4. The average molecular weight is 867 g/mol. The zero-order valence-electron chi connectivity index (χ0n) is 36.6. The van der Waals surface area contributed by atoms with Crippen LogP contribution in [-0.2, 0) is 5.41 Å². The molecule has 13 rings (SSSR count). The van der Waals surface area contributed by atoms with Gasteiger partial charge in [0.15, 0.2) is 17.5 Å². The Balaban J connectivity index is 0.883. The highest BCUT2D eigenvalue weighted by atomic mass is 16.5. The predicted octanol–water partition coefficient (Wildman–Crippen LogP) is 15.4. The lowest BCUT2D eigenvalue weighted by atomic mass is 9.65. The topological polar surface area (TPSA) is 71.7 Å². The third-order valence-electron chi connectivity index (χ3n) is 13.6. The molecule has 1 aliphatic heterocycles. The van der Waals surface area contributed by atoms with Gasteiger partial charge in [0, 0.05) is 33.2 Å². The number of aromatic nitrogens is 3. The van der Waals surface area contributed by atoms with Crippen LogP contribution in [0.25, 0.3) is 89.4 Å². The first-order valence-electron chi connectivity index (χ1n) is 22.8. The summed E-state index contributed by atoms with van der Waals surface area (Å²) in [4.78, 5) is 14.9. The van der Waals surface area contributed by atoms with Crippen molar-refractivity contribution in [2.75, 3.05) is 0 Å². The van der Waals surface area contributed by atoms with Gasteiger partial charge in [-0.2, -0.15) is 5.26 Å². The van der Waals surface area contributed by atoms with E-state index in [9.17, 15) is 5.26 Å². The summed E-state index contributed by atoms with van der Waals surface area (Å²) < 4.78 is 6.90. The summed E-state index contributed by atoms with van der Waals surface area (Å²) in [6.07, 6.45) is 0. The molecule has 1 aliphatic carbocycles. The van der Waals surface area contributed by atoms with Crippen LogP contribution in [0.15, 0.2) is 231 Å². The molecule has 1 unspecified atom stereocenters. The van der Waals surface area contributed by atoms with Gasteiger partial charge in [-0.3, -0.25) is 0 Å². The van der Waals surface area contributed by atoms with Gasteiger partial charge in [0.1, 0.15) is 11.5 Å². The van der Waals surface area contributed by atoms with Gasteiger partial charge in [0.2, 0.25) is 0 Å². The van der Waals surface area contributed by atoms with Gasteiger partial charge in [-0.25, -0.2) is 15.0 Å². The van der Waals surface area contributed by atoms with Crippen LogP contribution in [0.1, 0.15) is 27.8 Å². The summed E-state index contributed by atoms with van der Waals surface area (Å²) in [6.45, 7) is 0. The summed E-state index contributed by atoms with van der Waals surface area (Å²) in [6, 6.07) is 82.7. The average Bonchev–Trinajstić information content (AvgIpc) is 3.71. The first-order valence-corrected chi connectivity index (χ1v) is 22.8. The largest absolute Gasteiger partial charge is 0.457 e. The van der Waals surface area contributed by atoms with Crippen molar-refractivity contribution in [1.29, 1.82) is 5.26 Å². The van der Waals surface area contributed by atoms with Crippen LogP contribution >= 0.6 is 0 Å². The minimum atomic E-state index is -0.693. The molecule has 0 saturated carbocycles. The Bertz CT molecular complexity index is 3800. The van der Waals surface area contributed by atoms with E-state index in [1.165, 1.54) is 16.7 Å². The molecule has 11 aromatic rings. The quantitative estimate of drug-likeness (QED) is 0.166. The van der Waals surface area contributed by atoms with Crippen molar-refractivity contribution >= 4 is 10.8 Å². The molecular formula is C63H38N4O. The molecule has 5 nitrogen and oxygen atoms in total. The number of para-hydroxylation sites is 1. The fourth-order valence-corrected chi connectivity index (χ4v) is 10.6. The van der Waals surface area contributed by atoms with E-state index in [4.69, 9.17) is 19.7 Å². The summed E-state index contributed by atoms with van der Waals surface area (Å²) in [7, 11) is 0. The zero-order chi connectivity index (χ0) is 45.2. The van der Waals surface area contributed by atoms with Crippen LogP contribution in [-0.4, -0.2) is 15.0 Å². The van der Waals surface area contributed by atoms with E-state index in [0.717, 1.165) is 89.0 Å². The molecule has 0 amide bonds. The molecule has 0 radical (unpaired) electrons. The van der Waals surface area contributed by atoms with Crippen molar-refractivity contribution < 1.29 is 4.74 Å². The summed E-state index contributed by atoms with van der Waals surface area (Å²) in [5.74, 6) is 3.49. The van der Waals surface area contributed by atoms with Crippen molar-refractivity contribution in [3.63, 3.8) is 0 Å². The van der Waals surface area contributed by atoms with Crippen LogP contribution in [0.2, 0.25) is 0 Å². The number of benzene rings is 10. The minimum Gasteiger partial charge on any atom is -0.457 e. The van der Waals surface area contributed by atoms with E-state index >= 15 is 0 Å². The van der Waals surface area contributed by atoms with Crippen LogP contribution < -0.4 is 4.74 Å². The third kappa shape index (κ3) is 6.20. The van der Waals surface area contributed by atoms with Crippen molar-refractivity contribution in [2.24, 2.45) is 0 Å². The van der Waals surface area contributed by atoms with Gasteiger partial charge in [-0.15, -0.1) is 0 Å². The lowest BCUT2D eigenvalue weighted by Gasteiger charge is -2.39. The third-order valence-corrected chi connectivity index (χ3v) is 13.6. The van der Waals surface area contributed by atoms with E-state index in [1.54, 1.807) is 0 Å². The Morgan fingerprint density at radius 3 is 1.41 bits per heavy atom. The van der Waals surface area contributed by atoms with Gasteiger partial charge in [-0.05, 0) is 97.4 Å². The van der Waals surface area contributed by atoms with E-state index in [1.807, 2.05) is 72.8 Å². The van der Waals surface area contributed by atoms with E-state index in [0.29, 0.717) is 23.0 Å². The van der Waals surface area contributed by atoms with Crippen LogP contribution in [0.4, 0.5) is 0 Å². The Labute approximate surface area is 394 Å². The maximum atomic E-state index is 10.6. The van der Waals surface area contributed by atoms with Crippen molar-refractivity contribution in [3.05, 3.63) is 258 Å². The molecule has 1 atom stereocenters. The summed E-state index contributed by atoms with van der Waals surface area (Å²) in [5.41, 5.74) is 16.0. The fraction of sp³-hybridized carbons (Fsp3) is 0.0159. The smallest absolute Gasteiger partial charge is 0.164 e. The summed E-state index contributed by atoms with van der Waals surface area (Å²) >= 11 is 0. The zero-order valence-corrected chi connectivity index (χ0v) is 36.6. The molecule has 0 bridgehead atoms. The van der Waals surface area contributed by atoms with Crippen molar-refractivity contribution in [3.8, 4) is 96.2 Å².